The van der Waals surface area contributed by atoms with Gasteiger partial charge in [0.25, 0.3) is 0 Å². The lowest BCUT2D eigenvalue weighted by Crippen LogP contribution is -2.02. The zero-order chi connectivity index (χ0) is 22.7. The topological polar surface area (TPSA) is 107 Å². The summed E-state index contributed by atoms with van der Waals surface area (Å²) in [5, 5.41) is 0.416. The Kier molecular flexibility index (Phi) is 6.11. The zero-order valence-corrected chi connectivity index (χ0v) is 18.8. The van der Waals surface area contributed by atoms with Crippen LogP contribution in [0.3, 0.4) is 0 Å². The van der Waals surface area contributed by atoms with E-state index in [0.717, 1.165) is 23.1 Å². The Morgan fingerprint density at radius 1 is 1.00 bits per heavy atom. The molecule has 8 nitrogen and oxygen atoms in total. The number of rotatable bonds is 7. The first-order valence-corrected chi connectivity index (χ1v) is 11.7. The van der Waals surface area contributed by atoms with Gasteiger partial charge in [0.2, 0.25) is 0 Å². The molecule has 4 rings (SSSR count). The van der Waals surface area contributed by atoms with Crippen molar-refractivity contribution in [1.29, 1.82) is 0 Å². The summed E-state index contributed by atoms with van der Waals surface area (Å²) in [6.45, 7) is 0.185. The molecule has 0 aliphatic carbocycles. The number of H-pyrrole nitrogens is 1. The van der Waals surface area contributed by atoms with Gasteiger partial charge in [0.15, 0.2) is 9.84 Å². The second-order valence-electron chi connectivity index (χ2n) is 6.92. The van der Waals surface area contributed by atoms with Gasteiger partial charge in [0, 0.05) is 35.8 Å². The molecule has 0 amide bonds. The van der Waals surface area contributed by atoms with Crippen LogP contribution in [0.15, 0.2) is 66.0 Å². The van der Waals surface area contributed by atoms with Gasteiger partial charge in [-0.2, -0.15) is 0 Å². The Morgan fingerprint density at radius 3 is 2.50 bits per heavy atom. The average molecular weight is 471 g/mol. The normalized spacial score (nSPS) is 11.3. The van der Waals surface area contributed by atoms with Crippen molar-refractivity contribution in [3.05, 3.63) is 71.9 Å². The molecule has 0 aliphatic heterocycles. The number of nitrogens with zero attached hydrogens (tertiary/aromatic N) is 3. The number of hydrogen-bond donors (Lipinski definition) is 1. The van der Waals surface area contributed by atoms with Crippen LogP contribution in [0, 0.1) is 0 Å². The number of aromatic amines is 1. The molecule has 0 bridgehead atoms. The van der Waals surface area contributed by atoms with Crippen LogP contribution in [-0.2, 0) is 16.4 Å². The molecule has 164 valence electrons. The fourth-order valence-corrected chi connectivity index (χ4v) is 3.65. The number of sulfone groups is 1. The van der Waals surface area contributed by atoms with E-state index < -0.39 is 9.84 Å². The van der Waals surface area contributed by atoms with E-state index >= 15 is 0 Å². The molecule has 0 unspecified atom stereocenters. The predicted molar refractivity (Wildman–Crippen MR) is 120 cm³/mol. The summed E-state index contributed by atoms with van der Waals surface area (Å²) in [5.74, 6) is 1.85. The average Bonchev–Trinajstić information content (AvgIpc) is 3.27. The molecule has 0 spiro atoms. The monoisotopic (exact) mass is 470 g/mol. The molecule has 0 saturated heterocycles. The van der Waals surface area contributed by atoms with Crippen LogP contribution in [0.1, 0.15) is 5.69 Å². The number of benzene rings is 1. The number of ether oxygens (including phenoxy) is 2. The molecule has 1 N–H and O–H groups in total. The van der Waals surface area contributed by atoms with E-state index in [1.165, 1.54) is 12.3 Å². The van der Waals surface area contributed by atoms with Crippen LogP contribution in [0.25, 0.3) is 22.6 Å². The molecular weight excluding hydrogens is 452 g/mol. The molecule has 0 atom stereocenters. The first kappa shape index (κ1) is 21.8. The molecule has 1 aromatic carbocycles. The van der Waals surface area contributed by atoms with Crippen molar-refractivity contribution in [2.45, 2.75) is 11.5 Å². The van der Waals surface area contributed by atoms with Crippen LogP contribution in [0.2, 0.25) is 5.15 Å². The van der Waals surface area contributed by atoms with Crippen LogP contribution in [0.5, 0.6) is 11.5 Å². The van der Waals surface area contributed by atoms with Crippen LogP contribution < -0.4 is 9.47 Å². The van der Waals surface area contributed by atoms with Gasteiger partial charge in [-0.05, 0) is 36.4 Å². The van der Waals surface area contributed by atoms with Gasteiger partial charge in [0.05, 0.1) is 29.6 Å². The number of nitrogens with one attached hydrogen (secondary N) is 1. The van der Waals surface area contributed by atoms with Crippen molar-refractivity contribution in [1.82, 2.24) is 19.9 Å². The molecule has 3 aromatic heterocycles. The Bertz CT molecular complexity index is 1340. The van der Waals surface area contributed by atoms with Gasteiger partial charge >= 0.3 is 0 Å². The van der Waals surface area contributed by atoms with Crippen molar-refractivity contribution in [3.63, 3.8) is 0 Å². The maximum atomic E-state index is 11.5. The summed E-state index contributed by atoms with van der Waals surface area (Å²) in [7, 11) is -1.70. The standard InChI is InChI=1S/C22H19ClN4O4S/c1-30-20-9-16(31-13-15-4-6-17(11-24-15)32(2,28)29)5-7-18(20)19-12-26-22(27-19)14-3-8-21(23)25-10-14/h3-12H,13H2,1-2H3,(H,26,27). The summed E-state index contributed by atoms with van der Waals surface area (Å²) in [6.07, 6.45) is 5.83. The minimum atomic E-state index is -3.28. The Balaban J connectivity index is 1.50. The third-order valence-corrected chi connectivity index (χ3v) is 5.97. The maximum Gasteiger partial charge on any atom is 0.177 e. The van der Waals surface area contributed by atoms with E-state index in [-0.39, 0.29) is 11.5 Å². The van der Waals surface area contributed by atoms with Crippen LogP contribution in [-0.4, -0.2) is 41.7 Å². The van der Waals surface area contributed by atoms with E-state index in [9.17, 15) is 8.42 Å². The summed E-state index contributed by atoms with van der Waals surface area (Å²) >= 11 is 5.85. The fraction of sp³-hybridized carbons (Fsp3) is 0.136. The number of aromatic nitrogens is 4. The summed E-state index contributed by atoms with van der Waals surface area (Å²) in [6, 6.07) is 12.1. The Morgan fingerprint density at radius 2 is 1.84 bits per heavy atom. The highest BCUT2D eigenvalue weighted by molar-refractivity contribution is 7.90. The lowest BCUT2D eigenvalue weighted by Gasteiger charge is -2.11. The highest BCUT2D eigenvalue weighted by Gasteiger charge is 2.13. The lowest BCUT2D eigenvalue weighted by molar-refractivity contribution is 0.299. The van der Waals surface area contributed by atoms with Gasteiger partial charge in [-0.25, -0.2) is 18.4 Å². The Labute approximate surface area is 190 Å². The molecule has 0 saturated carbocycles. The van der Waals surface area contributed by atoms with Gasteiger partial charge in [-0.1, -0.05) is 11.6 Å². The first-order valence-electron chi connectivity index (χ1n) is 9.46. The fourth-order valence-electron chi connectivity index (χ4n) is 2.98. The van der Waals surface area contributed by atoms with Gasteiger partial charge in [-0.3, -0.25) is 4.98 Å². The largest absolute Gasteiger partial charge is 0.496 e. The van der Waals surface area contributed by atoms with Crippen LogP contribution in [0.4, 0.5) is 0 Å². The van der Waals surface area contributed by atoms with E-state index in [4.69, 9.17) is 21.1 Å². The van der Waals surface area contributed by atoms with Crippen molar-refractivity contribution < 1.29 is 17.9 Å². The molecular formula is C22H19ClN4O4S. The van der Waals surface area contributed by atoms with E-state index in [2.05, 4.69) is 19.9 Å². The number of imidazole rings is 1. The third kappa shape index (κ3) is 4.90. The molecule has 0 aliphatic rings. The Hall–Kier alpha value is -3.43. The summed E-state index contributed by atoms with van der Waals surface area (Å²) in [4.78, 5) is 16.1. The second kappa shape index (κ2) is 8.97. The maximum absolute atomic E-state index is 11.5. The molecule has 3 heterocycles. The molecule has 32 heavy (non-hydrogen) atoms. The number of halogens is 1. The first-order chi connectivity index (χ1) is 15.3. The highest BCUT2D eigenvalue weighted by atomic mass is 35.5. The highest BCUT2D eigenvalue weighted by Crippen LogP contribution is 2.33. The van der Waals surface area contributed by atoms with E-state index in [1.807, 2.05) is 18.2 Å². The predicted octanol–water partition coefficient (Wildman–Crippen LogP) is 4.18. The van der Waals surface area contributed by atoms with E-state index in [1.54, 1.807) is 37.7 Å². The summed E-state index contributed by atoms with van der Waals surface area (Å²) < 4.78 is 34.4. The lowest BCUT2D eigenvalue weighted by atomic mass is 10.1. The molecule has 0 radical (unpaired) electrons. The summed E-state index contributed by atoms with van der Waals surface area (Å²) in [5.41, 5.74) is 3.01. The SMILES string of the molecule is COc1cc(OCc2ccc(S(C)(=O)=O)cn2)ccc1-c1cnc(-c2ccc(Cl)nc2)[nH]1. The van der Waals surface area contributed by atoms with Gasteiger partial charge < -0.3 is 14.5 Å². The smallest absolute Gasteiger partial charge is 0.177 e. The van der Waals surface area contributed by atoms with Gasteiger partial charge in [-0.15, -0.1) is 0 Å². The number of hydrogen-bond acceptors (Lipinski definition) is 7. The van der Waals surface area contributed by atoms with Crippen molar-refractivity contribution in [2.75, 3.05) is 13.4 Å². The minimum Gasteiger partial charge on any atom is -0.496 e. The molecule has 4 aromatic rings. The third-order valence-electron chi connectivity index (χ3n) is 4.65. The van der Waals surface area contributed by atoms with Crippen LogP contribution >= 0.6 is 11.6 Å². The minimum absolute atomic E-state index is 0.167. The number of pyridine rings is 2. The zero-order valence-electron chi connectivity index (χ0n) is 17.2. The number of methoxy groups -OCH3 is 1. The quantitative estimate of drug-likeness (QED) is 0.404. The second-order valence-corrected chi connectivity index (χ2v) is 9.33. The van der Waals surface area contributed by atoms with E-state index in [0.29, 0.717) is 28.2 Å². The molecule has 0 fully saturated rings. The van der Waals surface area contributed by atoms with Crippen molar-refractivity contribution in [2.24, 2.45) is 0 Å². The van der Waals surface area contributed by atoms with Crippen molar-refractivity contribution in [3.8, 4) is 34.1 Å². The van der Waals surface area contributed by atoms with Gasteiger partial charge in [0.1, 0.15) is 29.1 Å². The van der Waals surface area contributed by atoms with Crippen molar-refractivity contribution >= 4 is 21.4 Å². The molecule has 10 heteroatoms.